The minimum absolute atomic E-state index is 0.750. The lowest BCUT2D eigenvalue weighted by Crippen LogP contribution is -1.67. The van der Waals surface area contributed by atoms with Crippen molar-refractivity contribution in [3.8, 4) is 0 Å². The Morgan fingerprint density at radius 1 is 0.765 bits per heavy atom. The molecule has 1 nitrogen and oxygen atoms in total. The summed E-state index contributed by atoms with van der Waals surface area (Å²) in [6, 6.07) is 20.8. The average Bonchev–Trinajstić information content (AvgIpc) is 2.40. The lowest BCUT2D eigenvalue weighted by Gasteiger charge is -1.99. The first-order valence-corrected chi connectivity index (χ1v) is 7.36. The molecule has 17 heavy (non-hydrogen) atoms. The highest BCUT2D eigenvalue weighted by molar-refractivity contribution is 8.76. The van der Waals surface area contributed by atoms with Gasteiger partial charge in [0.15, 0.2) is 0 Å². The summed E-state index contributed by atoms with van der Waals surface area (Å²) in [7, 11) is 3.58. The van der Waals surface area contributed by atoms with E-state index in [4.69, 9.17) is 4.79 Å². The summed E-state index contributed by atoms with van der Waals surface area (Å²) in [4.78, 5) is 11.4. The fraction of sp³-hybridized carbons (Fsp3) is 0.0714. The topological polar surface area (TPSA) is 17.1 Å². The molecule has 0 N–H and O–H groups in total. The van der Waals surface area contributed by atoms with Gasteiger partial charge in [0, 0.05) is 9.79 Å². The van der Waals surface area contributed by atoms with Crippen LogP contribution in [0.2, 0.25) is 0 Å². The van der Waals surface area contributed by atoms with E-state index in [2.05, 4.69) is 48.5 Å². The summed E-state index contributed by atoms with van der Waals surface area (Å²) in [5.74, 6) is 0. The van der Waals surface area contributed by atoms with E-state index in [1.165, 1.54) is 16.7 Å². The van der Waals surface area contributed by atoms with E-state index in [-0.39, 0.29) is 0 Å². The van der Waals surface area contributed by atoms with E-state index in [0.717, 1.165) is 6.29 Å². The zero-order valence-electron chi connectivity index (χ0n) is 9.58. The van der Waals surface area contributed by atoms with Crippen molar-refractivity contribution in [2.75, 3.05) is 0 Å². The van der Waals surface area contributed by atoms with Crippen molar-refractivity contribution >= 4 is 27.9 Å². The van der Waals surface area contributed by atoms with Crippen molar-refractivity contribution in [1.29, 1.82) is 0 Å². The lowest BCUT2D eigenvalue weighted by molar-refractivity contribution is -0.106. The molecule has 0 aromatic heterocycles. The number of carbonyl (C=O) groups is 1. The predicted octanol–water partition coefficient (Wildman–Crippen LogP) is 4.69. The van der Waals surface area contributed by atoms with Crippen LogP contribution in [0.3, 0.4) is 0 Å². The third-order valence-electron chi connectivity index (χ3n) is 1.72. The summed E-state index contributed by atoms with van der Waals surface area (Å²) in [6.45, 7) is 1.44. The van der Waals surface area contributed by atoms with Crippen molar-refractivity contribution < 1.29 is 4.79 Å². The molecule has 0 radical (unpaired) electrons. The van der Waals surface area contributed by atoms with Crippen LogP contribution in [-0.2, 0) is 4.79 Å². The van der Waals surface area contributed by atoms with Crippen LogP contribution in [0.25, 0.3) is 0 Å². The summed E-state index contributed by atoms with van der Waals surface area (Å²) < 4.78 is 0. The molecule has 0 unspecified atom stereocenters. The monoisotopic (exact) mass is 262 g/mol. The Labute approximate surface area is 110 Å². The molecular formula is C14H14OS2. The van der Waals surface area contributed by atoms with Crippen LogP contribution >= 0.6 is 21.6 Å². The van der Waals surface area contributed by atoms with E-state index in [1.54, 1.807) is 21.6 Å². The molecule has 0 saturated heterocycles. The Bertz CT molecular complexity index is 375. The van der Waals surface area contributed by atoms with Gasteiger partial charge in [-0.2, -0.15) is 0 Å². The molecule has 2 aromatic carbocycles. The number of hydrogen-bond donors (Lipinski definition) is 0. The van der Waals surface area contributed by atoms with Crippen LogP contribution in [0.5, 0.6) is 0 Å². The van der Waals surface area contributed by atoms with Crippen LogP contribution in [0, 0.1) is 0 Å². The van der Waals surface area contributed by atoms with Crippen LogP contribution in [-0.4, -0.2) is 6.29 Å². The van der Waals surface area contributed by atoms with Gasteiger partial charge in [0.05, 0.1) is 0 Å². The third kappa shape index (κ3) is 6.19. The number of benzene rings is 2. The molecule has 0 aliphatic rings. The molecule has 0 heterocycles. The number of hydrogen-bond acceptors (Lipinski definition) is 3. The van der Waals surface area contributed by atoms with Crippen molar-refractivity contribution in [3.05, 3.63) is 60.7 Å². The Morgan fingerprint density at radius 2 is 1.06 bits per heavy atom. The van der Waals surface area contributed by atoms with Gasteiger partial charge >= 0.3 is 0 Å². The molecule has 0 amide bonds. The Balaban J connectivity index is 0.000000437. The summed E-state index contributed by atoms with van der Waals surface area (Å²) in [5, 5.41) is 0. The first-order valence-electron chi connectivity index (χ1n) is 5.21. The molecule has 0 atom stereocenters. The van der Waals surface area contributed by atoms with Crippen LogP contribution < -0.4 is 0 Å². The van der Waals surface area contributed by atoms with Gasteiger partial charge in [-0.3, -0.25) is 0 Å². The molecule has 0 spiro atoms. The summed E-state index contributed by atoms with van der Waals surface area (Å²) in [6.07, 6.45) is 0.750. The first-order chi connectivity index (χ1) is 8.36. The molecule has 0 aliphatic carbocycles. The van der Waals surface area contributed by atoms with Gasteiger partial charge in [0.2, 0.25) is 0 Å². The lowest BCUT2D eigenvalue weighted by atomic mass is 10.4. The van der Waals surface area contributed by atoms with Crippen molar-refractivity contribution in [2.45, 2.75) is 16.7 Å². The third-order valence-corrected chi connectivity index (χ3v) is 4.14. The van der Waals surface area contributed by atoms with Gasteiger partial charge in [-0.15, -0.1) is 0 Å². The maximum Gasteiger partial charge on any atom is 0.116 e. The number of carbonyl (C=O) groups excluding carboxylic acids is 1. The largest absolute Gasteiger partial charge is 0.304 e. The zero-order chi connectivity index (χ0) is 12.3. The Kier molecular flexibility index (Phi) is 7.27. The quantitative estimate of drug-likeness (QED) is 0.590. The van der Waals surface area contributed by atoms with E-state index in [9.17, 15) is 0 Å². The van der Waals surface area contributed by atoms with Crippen molar-refractivity contribution in [1.82, 2.24) is 0 Å². The fourth-order valence-electron chi connectivity index (χ4n) is 1.05. The molecule has 3 heteroatoms. The smallest absolute Gasteiger partial charge is 0.116 e. The second-order valence-corrected chi connectivity index (χ2v) is 5.30. The highest BCUT2D eigenvalue weighted by Crippen LogP contribution is 2.36. The molecule has 0 bridgehead atoms. The fourth-order valence-corrected chi connectivity index (χ4v) is 3.02. The minimum atomic E-state index is 0.750. The van der Waals surface area contributed by atoms with Crippen molar-refractivity contribution in [3.63, 3.8) is 0 Å². The van der Waals surface area contributed by atoms with Crippen LogP contribution in [0.15, 0.2) is 70.5 Å². The van der Waals surface area contributed by atoms with E-state index in [1.807, 2.05) is 12.1 Å². The standard InChI is InChI=1S/C12H10S2.C2H4O/c1-3-7-11(8-4-1)13-14-12-9-5-2-6-10-12;1-2-3/h1-10H;2H,1H3. The molecule has 0 aliphatic heterocycles. The molecular weight excluding hydrogens is 248 g/mol. The maximum atomic E-state index is 8.81. The number of aldehydes is 1. The zero-order valence-corrected chi connectivity index (χ0v) is 11.2. The molecule has 0 saturated carbocycles. The average molecular weight is 262 g/mol. The summed E-state index contributed by atoms with van der Waals surface area (Å²) >= 11 is 0. The SMILES string of the molecule is CC=O.c1ccc(SSc2ccccc2)cc1. The van der Waals surface area contributed by atoms with Gasteiger partial charge in [-0.05, 0) is 31.2 Å². The maximum absolute atomic E-state index is 8.81. The second-order valence-electron chi connectivity index (χ2n) is 3.03. The Morgan fingerprint density at radius 3 is 1.35 bits per heavy atom. The molecule has 88 valence electrons. The molecule has 2 aromatic rings. The normalized spacial score (nSPS) is 9.00. The van der Waals surface area contributed by atoms with Crippen molar-refractivity contribution in [2.24, 2.45) is 0 Å². The van der Waals surface area contributed by atoms with Gasteiger partial charge in [0.1, 0.15) is 6.29 Å². The van der Waals surface area contributed by atoms with E-state index < -0.39 is 0 Å². The first kappa shape index (κ1) is 13.9. The van der Waals surface area contributed by atoms with Crippen LogP contribution in [0.1, 0.15) is 6.92 Å². The number of rotatable bonds is 3. The predicted molar refractivity (Wildman–Crippen MR) is 76.3 cm³/mol. The minimum Gasteiger partial charge on any atom is -0.304 e. The van der Waals surface area contributed by atoms with Gasteiger partial charge < -0.3 is 4.79 Å². The van der Waals surface area contributed by atoms with Gasteiger partial charge in [-0.25, -0.2) is 0 Å². The van der Waals surface area contributed by atoms with Gasteiger partial charge in [-0.1, -0.05) is 58.0 Å². The molecule has 0 fully saturated rings. The van der Waals surface area contributed by atoms with E-state index >= 15 is 0 Å². The molecule has 2 rings (SSSR count). The highest BCUT2D eigenvalue weighted by atomic mass is 33.1. The summed E-state index contributed by atoms with van der Waals surface area (Å²) in [5.41, 5.74) is 0. The Hall–Kier alpha value is -1.19. The van der Waals surface area contributed by atoms with E-state index in [0.29, 0.717) is 0 Å². The second kappa shape index (κ2) is 8.90. The van der Waals surface area contributed by atoms with Gasteiger partial charge in [0.25, 0.3) is 0 Å². The highest BCUT2D eigenvalue weighted by Gasteiger charge is 1.94. The van der Waals surface area contributed by atoms with Crippen LogP contribution in [0.4, 0.5) is 0 Å².